The molecule has 5 heteroatoms. The molecule has 0 radical (unpaired) electrons. The van der Waals surface area contributed by atoms with Crippen LogP contribution in [-0.2, 0) is 7.05 Å². The van der Waals surface area contributed by atoms with E-state index in [1.165, 1.54) is 0 Å². The lowest BCUT2D eigenvalue weighted by Crippen LogP contribution is -2.34. The quantitative estimate of drug-likeness (QED) is 0.318. The van der Waals surface area contributed by atoms with Gasteiger partial charge < -0.3 is 0 Å². The van der Waals surface area contributed by atoms with Gasteiger partial charge in [-0.25, -0.2) is 24.5 Å². The summed E-state index contributed by atoms with van der Waals surface area (Å²) < 4.78 is 49.6. The first-order valence-corrected chi connectivity index (χ1v) is 11.9. The Hall–Kier alpha value is -4.25. The third kappa shape index (κ3) is 2.92. The van der Waals surface area contributed by atoms with Crippen molar-refractivity contribution in [2.75, 3.05) is 0 Å². The molecule has 0 aliphatic heterocycles. The molecule has 0 spiro atoms. The maximum absolute atomic E-state index is 7.91. The van der Waals surface area contributed by atoms with Crippen molar-refractivity contribution in [2.24, 2.45) is 7.05 Å². The third-order valence-corrected chi connectivity index (χ3v) is 7.45. The molecule has 3 heterocycles. The van der Waals surface area contributed by atoms with Crippen molar-refractivity contribution in [3.63, 3.8) is 0 Å². The number of nitrogens with zero attached hydrogens (tertiary/aromatic N) is 5. The fourth-order valence-corrected chi connectivity index (χ4v) is 5.93. The van der Waals surface area contributed by atoms with Crippen LogP contribution in [0.4, 0.5) is 0 Å². The molecule has 5 nitrogen and oxygen atoms in total. The molecule has 2 aromatic carbocycles. The molecule has 3 aromatic heterocycles. The Balaban J connectivity index is 1.48. The zero-order valence-corrected chi connectivity index (χ0v) is 19.8. The molecule has 0 atom stereocenters. The summed E-state index contributed by atoms with van der Waals surface area (Å²) in [5.74, 6) is -1.43. The maximum atomic E-state index is 7.91. The highest BCUT2D eigenvalue weighted by Gasteiger charge is 2.46. The maximum Gasteiger partial charge on any atom is 0.212 e. The Morgan fingerprint density at radius 3 is 2.08 bits per heavy atom. The highest BCUT2D eigenvalue weighted by Crippen LogP contribution is 2.56. The summed E-state index contributed by atoms with van der Waals surface area (Å²) in [6.07, 6.45) is 5.33. The van der Waals surface area contributed by atoms with Crippen LogP contribution in [0.25, 0.3) is 22.4 Å². The van der Waals surface area contributed by atoms with Crippen LogP contribution in [-0.4, -0.2) is 19.9 Å². The molecule has 8 rings (SSSR count). The zero-order chi connectivity index (χ0) is 29.6. The minimum absolute atomic E-state index is 0.239. The van der Waals surface area contributed by atoms with Crippen LogP contribution in [0.2, 0.25) is 0 Å². The molecule has 174 valence electrons. The molecular weight excluding hydrogens is 442 g/mol. The summed E-state index contributed by atoms with van der Waals surface area (Å²) in [5, 5.41) is 0. The lowest BCUT2D eigenvalue weighted by atomic mass is 9.63. The first kappa shape index (κ1) is 15.7. The van der Waals surface area contributed by atoms with E-state index in [-0.39, 0.29) is 11.6 Å². The van der Waals surface area contributed by atoms with Crippen LogP contribution in [0, 0.1) is 20.6 Å². The van der Waals surface area contributed by atoms with Gasteiger partial charge in [0, 0.05) is 49.3 Å². The van der Waals surface area contributed by atoms with E-state index in [1.54, 1.807) is 12.4 Å². The van der Waals surface area contributed by atoms with Gasteiger partial charge in [-0.1, -0.05) is 42.5 Å². The largest absolute Gasteiger partial charge is 0.241 e. The van der Waals surface area contributed by atoms with Crippen LogP contribution < -0.4 is 4.57 Å². The minimum atomic E-state index is -2.49. The van der Waals surface area contributed by atoms with Crippen LogP contribution >= 0.6 is 0 Å². The number of aryl methyl sites for hydroxylation is 4. The molecule has 3 aliphatic carbocycles. The van der Waals surface area contributed by atoms with E-state index in [0.29, 0.717) is 11.4 Å². The fourth-order valence-electron chi connectivity index (χ4n) is 5.93. The smallest absolute Gasteiger partial charge is 0.212 e. The number of benzene rings is 2. The van der Waals surface area contributed by atoms with Crippen LogP contribution in [0.5, 0.6) is 0 Å². The highest BCUT2D eigenvalue weighted by molar-refractivity contribution is 5.77. The topological polar surface area (TPSA) is 55.4 Å². The molecule has 0 saturated carbocycles. The van der Waals surface area contributed by atoms with Crippen molar-refractivity contribution in [3.05, 3.63) is 124 Å². The van der Waals surface area contributed by atoms with Crippen molar-refractivity contribution < 1.29 is 12.8 Å². The van der Waals surface area contributed by atoms with Crippen molar-refractivity contribution in [1.29, 1.82) is 0 Å². The summed E-state index contributed by atoms with van der Waals surface area (Å²) in [6.45, 7) is -2.90. The predicted molar refractivity (Wildman–Crippen MR) is 139 cm³/mol. The van der Waals surface area contributed by atoms with E-state index in [0.717, 1.165) is 50.2 Å². The molecule has 0 amide bonds. The van der Waals surface area contributed by atoms with Gasteiger partial charge in [-0.3, -0.25) is 0 Å². The van der Waals surface area contributed by atoms with E-state index in [1.807, 2.05) is 31.3 Å². The SMILES string of the molecule is [2H]C([2H])([2H])c1ncc2c(n1)C1c3ccc(C)c(-c4ccc(-c5ccccc5)c[n+]4C)c3C2c2cnc(C([2H])([2H])[2H])nc21. The van der Waals surface area contributed by atoms with Crippen molar-refractivity contribution in [3.8, 4) is 22.4 Å². The average molecular weight is 475 g/mol. The molecule has 36 heavy (non-hydrogen) atoms. The molecule has 0 saturated heterocycles. The molecule has 0 fully saturated rings. The van der Waals surface area contributed by atoms with Crippen molar-refractivity contribution in [1.82, 2.24) is 19.9 Å². The van der Waals surface area contributed by atoms with Gasteiger partial charge in [0.2, 0.25) is 5.69 Å². The molecule has 0 N–H and O–H groups in total. The summed E-state index contributed by atoms with van der Waals surface area (Å²) in [4.78, 5) is 17.7. The Labute approximate surface area is 219 Å². The number of hydrogen-bond acceptors (Lipinski definition) is 4. The second-order valence-electron chi connectivity index (χ2n) is 9.47. The van der Waals surface area contributed by atoms with Gasteiger partial charge in [-0.15, -0.1) is 0 Å². The van der Waals surface area contributed by atoms with E-state index in [2.05, 4.69) is 68.0 Å². The van der Waals surface area contributed by atoms with E-state index < -0.39 is 25.5 Å². The summed E-state index contributed by atoms with van der Waals surface area (Å²) in [7, 11) is 2.03. The second-order valence-corrected chi connectivity index (χ2v) is 9.47. The molecular formula is C31H26N5+. The van der Waals surface area contributed by atoms with Gasteiger partial charge in [0.15, 0.2) is 6.20 Å². The Morgan fingerprint density at radius 2 is 1.44 bits per heavy atom. The van der Waals surface area contributed by atoms with E-state index >= 15 is 0 Å². The van der Waals surface area contributed by atoms with Gasteiger partial charge >= 0.3 is 0 Å². The van der Waals surface area contributed by atoms with Crippen LogP contribution in [0.3, 0.4) is 0 Å². The Bertz CT molecular complexity index is 1830. The third-order valence-electron chi connectivity index (χ3n) is 7.45. The Kier molecular flexibility index (Phi) is 3.32. The lowest BCUT2D eigenvalue weighted by molar-refractivity contribution is -0.659. The summed E-state index contributed by atoms with van der Waals surface area (Å²) in [6, 6.07) is 18.5. The van der Waals surface area contributed by atoms with Gasteiger partial charge in [-0.2, -0.15) is 0 Å². The highest BCUT2D eigenvalue weighted by atomic mass is 14.9. The van der Waals surface area contributed by atoms with Gasteiger partial charge in [0.25, 0.3) is 0 Å². The molecule has 3 aliphatic rings. The standard InChI is InChI=1S/C31H26N5/c1-17-10-12-22-28(26(17)25-13-11-21(16-36(25)4)20-8-6-5-7-9-20)27-23-14-32-18(2)34-30(23)29(22)31-24(27)15-33-19(3)35-31/h5-16,27,29H,1-4H3/q+1/i2D3,3D3. The number of pyridine rings is 1. The first-order valence-electron chi connectivity index (χ1n) is 14.9. The molecule has 5 aromatic rings. The van der Waals surface area contributed by atoms with Gasteiger partial charge in [0.1, 0.15) is 18.7 Å². The number of rotatable bonds is 2. The molecule has 2 bridgehead atoms. The lowest BCUT2D eigenvalue weighted by Gasteiger charge is -2.41. The summed E-state index contributed by atoms with van der Waals surface area (Å²) in [5.41, 5.74) is 10.0. The van der Waals surface area contributed by atoms with Gasteiger partial charge in [-0.05, 0) is 48.9 Å². The minimum Gasteiger partial charge on any atom is -0.241 e. The fraction of sp³-hybridized carbons (Fsp3) is 0.194. The number of aromatic nitrogens is 5. The van der Waals surface area contributed by atoms with Crippen molar-refractivity contribution >= 4 is 0 Å². The normalized spacial score (nSPS) is 20.1. The van der Waals surface area contributed by atoms with Gasteiger partial charge in [0.05, 0.1) is 22.9 Å². The predicted octanol–water partition coefficient (Wildman–Crippen LogP) is 5.34. The zero-order valence-electron chi connectivity index (χ0n) is 25.8. The van der Waals surface area contributed by atoms with E-state index in [9.17, 15) is 0 Å². The van der Waals surface area contributed by atoms with Crippen LogP contribution in [0.15, 0.2) is 73.2 Å². The second kappa shape index (κ2) is 7.62. The van der Waals surface area contributed by atoms with Crippen LogP contribution in [0.1, 0.15) is 70.9 Å². The number of hydrogen-bond donors (Lipinski definition) is 0. The average Bonchev–Trinajstić information content (AvgIpc) is 2.96. The first-order chi connectivity index (χ1) is 19.9. The summed E-state index contributed by atoms with van der Waals surface area (Å²) >= 11 is 0. The monoisotopic (exact) mass is 474 g/mol. The van der Waals surface area contributed by atoms with E-state index in [4.69, 9.17) is 8.22 Å². The Morgan fingerprint density at radius 1 is 0.750 bits per heavy atom. The van der Waals surface area contributed by atoms with Crippen molar-refractivity contribution in [2.45, 2.75) is 32.5 Å². The molecule has 0 unspecified atom stereocenters.